The summed E-state index contributed by atoms with van der Waals surface area (Å²) in [6.07, 6.45) is 3.77. The molecule has 1 aliphatic heterocycles. The summed E-state index contributed by atoms with van der Waals surface area (Å²) in [7, 11) is 1.67. The van der Waals surface area contributed by atoms with E-state index in [1.54, 1.807) is 7.11 Å². The predicted molar refractivity (Wildman–Crippen MR) is 89.0 cm³/mol. The van der Waals surface area contributed by atoms with Crippen molar-refractivity contribution in [1.82, 2.24) is 4.90 Å². The van der Waals surface area contributed by atoms with Crippen LogP contribution in [0.2, 0.25) is 0 Å². The third kappa shape index (κ3) is 3.80. The number of methoxy groups -OCH3 is 1. The van der Waals surface area contributed by atoms with E-state index in [1.165, 1.54) is 0 Å². The minimum absolute atomic E-state index is 0.0332. The van der Waals surface area contributed by atoms with Gasteiger partial charge in [0.25, 0.3) is 0 Å². The smallest absolute Gasteiger partial charge is 0.223 e. The Bertz CT molecular complexity index is 502. The van der Waals surface area contributed by atoms with Crippen molar-refractivity contribution in [2.45, 2.75) is 57.5 Å². The first kappa shape index (κ1) is 16.8. The van der Waals surface area contributed by atoms with Crippen LogP contribution in [0.3, 0.4) is 0 Å². The Hall–Kier alpha value is -1.55. The van der Waals surface area contributed by atoms with Gasteiger partial charge in [-0.3, -0.25) is 4.79 Å². The molecule has 1 aromatic carbocycles. The Morgan fingerprint density at radius 1 is 1.36 bits per heavy atom. The average Bonchev–Trinajstić information content (AvgIpc) is 2.54. The zero-order valence-corrected chi connectivity index (χ0v) is 13.9. The van der Waals surface area contributed by atoms with Crippen molar-refractivity contribution in [3.63, 3.8) is 0 Å². The molecule has 4 heteroatoms. The zero-order valence-electron chi connectivity index (χ0n) is 13.9. The maximum absolute atomic E-state index is 12.7. The summed E-state index contributed by atoms with van der Waals surface area (Å²) in [5.74, 6) is 1.20. The van der Waals surface area contributed by atoms with E-state index >= 15 is 0 Å². The molecule has 1 aromatic rings. The maximum atomic E-state index is 12.7. The number of piperidine rings is 1. The number of benzene rings is 1. The number of ether oxygens (including phenoxy) is 1. The van der Waals surface area contributed by atoms with Gasteiger partial charge in [-0.2, -0.15) is 0 Å². The third-order valence-corrected chi connectivity index (χ3v) is 4.63. The number of rotatable bonds is 5. The van der Waals surface area contributed by atoms with E-state index in [2.05, 4.69) is 6.92 Å². The molecule has 1 fully saturated rings. The van der Waals surface area contributed by atoms with Crippen LogP contribution in [0.1, 0.15) is 51.0 Å². The third-order valence-electron chi connectivity index (χ3n) is 4.63. The fourth-order valence-corrected chi connectivity index (χ4v) is 3.38. The molecule has 122 valence electrons. The summed E-state index contributed by atoms with van der Waals surface area (Å²) < 4.78 is 5.41. The maximum Gasteiger partial charge on any atom is 0.223 e. The topological polar surface area (TPSA) is 55.6 Å². The molecule has 0 aromatic heterocycles. The van der Waals surface area contributed by atoms with Crippen LogP contribution < -0.4 is 10.5 Å². The second kappa shape index (κ2) is 7.63. The second-order valence-corrected chi connectivity index (χ2v) is 6.36. The lowest BCUT2D eigenvalue weighted by atomic mass is 9.93. The summed E-state index contributed by atoms with van der Waals surface area (Å²) in [5.41, 5.74) is 7.16. The molecule has 3 unspecified atom stereocenters. The number of nitrogens with zero attached hydrogens (tertiary/aromatic N) is 1. The highest BCUT2D eigenvalue weighted by Gasteiger charge is 2.30. The van der Waals surface area contributed by atoms with Gasteiger partial charge in [0.2, 0.25) is 5.91 Å². The van der Waals surface area contributed by atoms with E-state index in [4.69, 9.17) is 10.5 Å². The van der Waals surface area contributed by atoms with Gasteiger partial charge in [-0.25, -0.2) is 0 Å². The number of para-hydroxylation sites is 1. The molecule has 0 bridgehead atoms. The number of carbonyl (C=O) groups is 1. The fraction of sp³-hybridized carbons (Fsp3) is 0.611. The summed E-state index contributed by atoms with van der Waals surface area (Å²) >= 11 is 0. The highest BCUT2D eigenvalue weighted by Crippen LogP contribution is 2.30. The van der Waals surface area contributed by atoms with Crippen LogP contribution in [0.4, 0.5) is 0 Å². The lowest BCUT2D eigenvalue weighted by molar-refractivity contribution is -0.135. The van der Waals surface area contributed by atoms with Crippen LogP contribution >= 0.6 is 0 Å². The molecule has 1 saturated heterocycles. The van der Waals surface area contributed by atoms with Crippen LogP contribution in [0, 0.1) is 0 Å². The van der Waals surface area contributed by atoms with Gasteiger partial charge in [0, 0.05) is 25.0 Å². The highest BCUT2D eigenvalue weighted by molar-refractivity contribution is 5.77. The van der Waals surface area contributed by atoms with E-state index in [9.17, 15) is 4.79 Å². The van der Waals surface area contributed by atoms with E-state index in [-0.39, 0.29) is 23.9 Å². The first-order valence-electron chi connectivity index (χ1n) is 8.22. The van der Waals surface area contributed by atoms with Crippen LogP contribution in [-0.4, -0.2) is 36.5 Å². The Kier molecular flexibility index (Phi) is 5.83. The van der Waals surface area contributed by atoms with E-state index in [1.807, 2.05) is 36.1 Å². The standard InChI is InChI=1S/C18H28N2O2/c1-13(15-8-4-5-10-17(15)22-3)12-18(21)20-11-7-6-9-16(20)14(2)19/h4-5,8,10,13-14,16H,6-7,9,11-12,19H2,1-3H3. The molecular formula is C18H28N2O2. The Morgan fingerprint density at radius 3 is 2.77 bits per heavy atom. The molecule has 0 aliphatic carbocycles. The van der Waals surface area contributed by atoms with Crippen molar-refractivity contribution in [2.24, 2.45) is 5.73 Å². The monoisotopic (exact) mass is 304 g/mol. The van der Waals surface area contributed by atoms with Gasteiger partial charge in [-0.15, -0.1) is 0 Å². The number of carbonyl (C=O) groups excluding carboxylic acids is 1. The molecule has 0 spiro atoms. The van der Waals surface area contributed by atoms with Gasteiger partial charge < -0.3 is 15.4 Å². The molecule has 22 heavy (non-hydrogen) atoms. The predicted octanol–water partition coefficient (Wildman–Crippen LogP) is 2.92. The van der Waals surface area contributed by atoms with Crippen molar-refractivity contribution in [3.8, 4) is 5.75 Å². The van der Waals surface area contributed by atoms with Crippen molar-refractivity contribution in [2.75, 3.05) is 13.7 Å². The molecule has 1 amide bonds. The van der Waals surface area contributed by atoms with Crippen LogP contribution in [0.5, 0.6) is 5.75 Å². The van der Waals surface area contributed by atoms with Gasteiger partial charge in [0.05, 0.1) is 7.11 Å². The number of hydrogen-bond acceptors (Lipinski definition) is 3. The fourth-order valence-electron chi connectivity index (χ4n) is 3.38. The van der Waals surface area contributed by atoms with E-state index in [0.29, 0.717) is 6.42 Å². The average molecular weight is 304 g/mol. The second-order valence-electron chi connectivity index (χ2n) is 6.36. The first-order chi connectivity index (χ1) is 10.5. The molecule has 4 nitrogen and oxygen atoms in total. The van der Waals surface area contributed by atoms with E-state index < -0.39 is 0 Å². The highest BCUT2D eigenvalue weighted by atomic mass is 16.5. The molecule has 0 radical (unpaired) electrons. The van der Waals surface area contributed by atoms with Crippen LogP contribution in [0.25, 0.3) is 0 Å². The SMILES string of the molecule is COc1ccccc1C(C)CC(=O)N1CCCCC1C(C)N. The molecule has 1 aliphatic rings. The summed E-state index contributed by atoms with van der Waals surface area (Å²) in [5, 5.41) is 0. The number of nitrogens with two attached hydrogens (primary N) is 1. The minimum atomic E-state index is 0.0332. The zero-order chi connectivity index (χ0) is 16.1. The molecule has 2 rings (SSSR count). The lowest BCUT2D eigenvalue weighted by Gasteiger charge is -2.38. The van der Waals surface area contributed by atoms with Crippen molar-refractivity contribution in [3.05, 3.63) is 29.8 Å². The lowest BCUT2D eigenvalue weighted by Crippen LogP contribution is -2.51. The van der Waals surface area contributed by atoms with Gasteiger partial charge >= 0.3 is 0 Å². The van der Waals surface area contributed by atoms with Crippen molar-refractivity contribution >= 4 is 5.91 Å². The Labute approximate surface area is 133 Å². The normalized spacial score (nSPS) is 21.3. The molecule has 0 saturated carbocycles. The van der Waals surface area contributed by atoms with Gasteiger partial charge in [-0.1, -0.05) is 25.1 Å². The van der Waals surface area contributed by atoms with Crippen LogP contribution in [-0.2, 0) is 4.79 Å². The minimum Gasteiger partial charge on any atom is -0.496 e. The molecule has 3 atom stereocenters. The number of hydrogen-bond donors (Lipinski definition) is 1. The Morgan fingerprint density at radius 2 is 2.09 bits per heavy atom. The Balaban J connectivity index is 2.07. The summed E-state index contributed by atoms with van der Waals surface area (Å²) in [6.45, 7) is 4.92. The van der Waals surface area contributed by atoms with E-state index in [0.717, 1.165) is 37.1 Å². The van der Waals surface area contributed by atoms with Crippen molar-refractivity contribution in [1.29, 1.82) is 0 Å². The summed E-state index contributed by atoms with van der Waals surface area (Å²) in [6, 6.07) is 8.15. The number of amides is 1. The van der Waals surface area contributed by atoms with Crippen molar-refractivity contribution < 1.29 is 9.53 Å². The molecule has 1 heterocycles. The van der Waals surface area contributed by atoms with Gasteiger partial charge in [0.15, 0.2) is 0 Å². The summed E-state index contributed by atoms with van der Waals surface area (Å²) in [4.78, 5) is 14.7. The van der Waals surface area contributed by atoms with Crippen LogP contribution in [0.15, 0.2) is 24.3 Å². The van der Waals surface area contributed by atoms with Gasteiger partial charge in [0.1, 0.15) is 5.75 Å². The quantitative estimate of drug-likeness (QED) is 0.910. The molecule has 2 N–H and O–H groups in total. The molecular weight excluding hydrogens is 276 g/mol. The van der Waals surface area contributed by atoms with Gasteiger partial charge in [-0.05, 0) is 43.7 Å². The largest absolute Gasteiger partial charge is 0.496 e. The first-order valence-corrected chi connectivity index (χ1v) is 8.22. The number of likely N-dealkylation sites (tertiary alicyclic amines) is 1.